The van der Waals surface area contributed by atoms with Crippen molar-refractivity contribution in [3.05, 3.63) is 75.0 Å². The van der Waals surface area contributed by atoms with Crippen molar-refractivity contribution in [2.75, 3.05) is 0 Å². The Morgan fingerprint density at radius 1 is 1.11 bits per heavy atom. The van der Waals surface area contributed by atoms with Gasteiger partial charge in [-0.05, 0) is 48.9 Å². The summed E-state index contributed by atoms with van der Waals surface area (Å²) in [7, 11) is 0. The molecule has 1 saturated heterocycles. The van der Waals surface area contributed by atoms with Crippen LogP contribution >= 0.6 is 0 Å². The molecular weight excluding hydrogens is 369 g/mol. The Labute approximate surface area is 159 Å². The molecule has 2 N–H and O–H groups in total. The largest absolute Gasteiger partial charge is 0.350 e. The lowest BCUT2D eigenvalue weighted by molar-refractivity contribution is -0.119. The Bertz CT molecular complexity index is 1010. The first kappa shape index (κ1) is 18.5. The van der Waals surface area contributed by atoms with E-state index in [1.54, 1.807) is 18.2 Å². The molecule has 146 valence electrons. The van der Waals surface area contributed by atoms with Crippen LogP contribution < -0.4 is 10.9 Å². The van der Waals surface area contributed by atoms with Gasteiger partial charge in [0.1, 0.15) is 5.82 Å². The van der Waals surface area contributed by atoms with Crippen molar-refractivity contribution in [3.8, 4) is 0 Å². The number of carbonyl (C=O) groups is 1. The van der Waals surface area contributed by atoms with Crippen LogP contribution in [-0.2, 0) is 4.79 Å². The summed E-state index contributed by atoms with van der Waals surface area (Å²) in [5.74, 6) is -0.815. The Kier molecular flexibility index (Phi) is 4.83. The smallest absolute Gasteiger partial charge is 0.266 e. The number of nitrogens with one attached hydrogen (secondary N) is 2. The molecule has 1 amide bonds. The van der Waals surface area contributed by atoms with Crippen molar-refractivity contribution in [2.24, 2.45) is 0 Å². The molecule has 0 unspecified atom stereocenters. The maximum Gasteiger partial charge on any atom is 0.266 e. The third-order valence-corrected chi connectivity index (χ3v) is 5.19. The molecule has 1 saturated carbocycles. The zero-order valence-electron chi connectivity index (χ0n) is 15.0. The van der Waals surface area contributed by atoms with Gasteiger partial charge in [-0.25, -0.2) is 13.2 Å². The monoisotopic (exact) mass is 388 g/mol. The topological polar surface area (TPSA) is 62.0 Å². The van der Waals surface area contributed by atoms with Gasteiger partial charge in [-0.3, -0.25) is 9.59 Å². The molecule has 4 nitrogen and oxygen atoms in total. The molecule has 1 aromatic carbocycles. The van der Waals surface area contributed by atoms with Gasteiger partial charge in [0.15, 0.2) is 0 Å². The number of benzene rings is 1. The fourth-order valence-corrected chi connectivity index (χ4v) is 3.53. The molecule has 0 radical (unpaired) electrons. The molecule has 1 atom stereocenters. The van der Waals surface area contributed by atoms with E-state index in [1.807, 2.05) is 0 Å². The summed E-state index contributed by atoms with van der Waals surface area (Å²) in [5, 5.41) is 2.80. The lowest BCUT2D eigenvalue weighted by Gasteiger charge is -2.14. The van der Waals surface area contributed by atoms with Crippen LogP contribution in [0.5, 0.6) is 0 Å². The molecular formula is C21H19F3N2O2. The predicted octanol–water partition coefficient (Wildman–Crippen LogP) is 4.04. The Hall–Kier alpha value is -2.83. The second-order valence-electron chi connectivity index (χ2n) is 7.26. The van der Waals surface area contributed by atoms with E-state index in [9.17, 15) is 22.8 Å². The normalized spacial score (nSPS) is 19.9. The Balaban J connectivity index is 1.77. The molecule has 28 heavy (non-hydrogen) atoms. The van der Waals surface area contributed by atoms with Crippen molar-refractivity contribution in [2.45, 2.75) is 44.1 Å². The maximum absolute atomic E-state index is 14.2. The highest BCUT2D eigenvalue weighted by molar-refractivity contribution is 5.82. The molecule has 7 heteroatoms. The molecule has 1 aliphatic carbocycles. The van der Waals surface area contributed by atoms with Crippen LogP contribution in [0.2, 0.25) is 0 Å². The first-order chi connectivity index (χ1) is 13.4. The second-order valence-corrected chi connectivity index (χ2v) is 7.26. The highest BCUT2D eigenvalue weighted by atomic mass is 19.3. The number of alkyl halides is 2. The third-order valence-electron chi connectivity index (χ3n) is 5.19. The van der Waals surface area contributed by atoms with E-state index in [0.29, 0.717) is 29.7 Å². The number of rotatable bonds is 5. The number of aromatic nitrogens is 1. The zero-order valence-corrected chi connectivity index (χ0v) is 15.0. The van der Waals surface area contributed by atoms with Crippen LogP contribution in [0.25, 0.3) is 5.57 Å². The van der Waals surface area contributed by atoms with Crippen molar-refractivity contribution in [1.29, 1.82) is 0 Å². The van der Waals surface area contributed by atoms with Crippen LogP contribution in [0.4, 0.5) is 13.2 Å². The van der Waals surface area contributed by atoms with Crippen LogP contribution in [-0.4, -0.2) is 16.9 Å². The van der Waals surface area contributed by atoms with Crippen LogP contribution in [0.15, 0.2) is 41.2 Å². The average Bonchev–Trinajstić information content (AvgIpc) is 3.40. The zero-order chi connectivity index (χ0) is 19.8. The summed E-state index contributed by atoms with van der Waals surface area (Å²) < 4.78 is 39.9. The number of carbonyl (C=O) groups excluding carboxylic acids is 1. The van der Waals surface area contributed by atoms with Crippen LogP contribution in [0.1, 0.15) is 60.4 Å². The summed E-state index contributed by atoms with van der Waals surface area (Å²) in [6, 6.07) is 6.73. The molecule has 2 aliphatic rings. The number of aromatic amines is 1. The van der Waals surface area contributed by atoms with E-state index in [4.69, 9.17) is 0 Å². The van der Waals surface area contributed by atoms with E-state index in [0.717, 1.165) is 30.5 Å². The predicted molar refractivity (Wildman–Crippen MR) is 98.6 cm³/mol. The van der Waals surface area contributed by atoms with E-state index < -0.39 is 17.8 Å². The van der Waals surface area contributed by atoms with Crippen LogP contribution in [0, 0.1) is 5.82 Å². The van der Waals surface area contributed by atoms with Gasteiger partial charge in [-0.2, -0.15) is 0 Å². The lowest BCUT2D eigenvalue weighted by atomic mass is 9.97. The summed E-state index contributed by atoms with van der Waals surface area (Å²) in [4.78, 5) is 26.8. The Morgan fingerprint density at radius 3 is 2.46 bits per heavy atom. The van der Waals surface area contributed by atoms with Gasteiger partial charge in [0.25, 0.3) is 12.0 Å². The van der Waals surface area contributed by atoms with E-state index >= 15 is 0 Å². The van der Waals surface area contributed by atoms with Gasteiger partial charge < -0.3 is 10.3 Å². The van der Waals surface area contributed by atoms with Crippen molar-refractivity contribution in [1.82, 2.24) is 10.3 Å². The quantitative estimate of drug-likeness (QED) is 0.812. The fraction of sp³-hybridized carbons (Fsp3) is 0.333. The Morgan fingerprint density at radius 2 is 1.89 bits per heavy atom. The number of pyridine rings is 1. The van der Waals surface area contributed by atoms with Gasteiger partial charge in [-0.15, -0.1) is 0 Å². The van der Waals surface area contributed by atoms with Gasteiger partial charge in [0, 0.05) is 29.3 Å². The molecule has 0 bridgehead atoms. The van der Waals surface area contributed by atoms with Gasteiger partial charge >= 0.3 is 0 Å². The second kappa shape index (κ2) is 7.30. The third kappa shape index (κ3) is 3.74. The average molecular weight is 388 g/mol. The van der Waals surface area contributed by atoms with E-state index in [2.05, 4.69) is 10.3 Å². The number of hydrogen-bond acceptors (Lipinski definition) is 2. The minimum atomic E-state index is -2.91. The minimum absolute atomic E-state index is 0.0857. The van der Waals surface area contributed by atoms with Gasteiger partial charge in [-0.1, -0.05) is 18.2 Å². The van der Waals surface area contributed by atoms with Crippen molar-refractivity contribution >= 4 is 11.5 Å². The van der Waals surface area contributed by atoms with Gasteiger partial charge in [0.2, 0.25) is 5.91 Å². The van der Waals surface area contributed by atoms with Crippen molar-refractivity contribution < 1.29 is 18.0 Å². The molecule has 1 aromatic heterocycles. The first-order valence-corrected chi connectivity index (χ1v) is 9.25. The highest BCUT2D eigenvalue weighted by Crippen LogP contribution is 2.38. The van der Waals surface area contributed by atoms with Gasteiger partial charge in [0.05, 0.1) is 5.56 Å². The minimum Gasteiger partial charge on any atom is -0.350 e. The summed E-state index contributed by atoms with van der Waals surface area (Å²) >= 11 is 0. The van der Waals surface area contributed by atoms with E-state index in [1.165, 1.54) is 6.07 Å². The number of amides is 1. The standard InChI is InChI=1S/C21H19F3N2O2/c22-17-9-12(3-5-15(17)20(23)24)16(10-13-4-8-19(27)25-13)18-7-6-14(11-1-2-11)21(28)26-18/h3,5-7,9-11,13,20H,1-2,4,8H2,(H,25,27)(H,26,28)/b16-10-/t13-/m1/s1. The van der Waals surface area contributed by atoms with Crippen LogP contribution in [0.3, 0.4) is 0 Å². The molecule has 2 heterocycles. The number of hydrogen-bond donors (Lipinski definition) is 2. The van der Waals surface area contributed by atoms with Crippen molar-refractivity contribution in [3.63, 3.8) is 0 Å². The van der Waals surface area contributed by atoms with E-state index in [-0.39, 0.29) is 23.4 Å². The molecule has 1 aliphatic heterocycles. The first-order valence-electron chi connectivity index (χ1n) is 9.25. The SMILES string of the molecule is O=C1CC[C@H](/C=C(/c2ccc(C(F)F)c(F)c2)c2ccc(C3CC3)c(=O)[nH]2)N1. The lowest BCUT2D eigenvalue weighted by Crippen LogP contribution is -2.23. The highest BCUT2D eigenvalue weighted by Gasteiger charge is 2.27. The number of halogens is 3. The maximum atomic E-state index is 14.2. The molecule has 0 spiro atoms. The summed E-state index contributed by atoms with van der Waals surface area (Å²) in [6.07, 6.45) is 1.76. The fourth-order valence-electron chi connectivity index (χ4n) is 3.53. The summed E-state index contributed by atoms with van der Waals surface area (Å²) in [5.41, 5.74) is 1.15. The summed E-state index contributed by atoms with van der Waals surface area (Å²) in [6.45, 7) is 0. The molecule has 2 aromatic rings. The number of H-pyrrole nitrogens is 1. The molecule has 2 fully saturated rings. The molecule has 4 rings (SSSR count).